The Morgan fingerprint density at radius 1 is 0.347 bits per heavy atom. The third kappa shape index (κ3) is 6.67. The molecule has 15 rings (SSSR count). The summed E-state index contributed by atoms with van der Waals surface area (Å²) in [6, 6.07) is 102. The summed E-state index contributed by atoms with van der Waals surface area (Å²) in [4.78, 5) is 4.91. The van der Waals surface area contributed by atoms with Gasteiger partial charge in [0.2, 0.25) is 0 Å². The van der Waals surface area contributed by atoms with Crippen molar-refractivity contribution in [2.45, 2.75) is 5.41 Å². The van der Waals surface area contributed by atoms with Crippen molar-refractivity contribution in [2.75, 3.05) is 9.80 Å². The van der Waals surface area contributed by atoms with Gasteiger partial charge in [-0.3, -0.25) is 0 Å². The molecule has 0 unspecified atom stereocenters. The van der Waals surface area contributed by atoms with E-state index in [1.165, 1.54) is 69.9 Å². The molecule has 3 nitrogen and oxygen atoms in total. The molecular weight excluding hydrogens is 929 g/mol. The van der Waals surface area contributed by atoms with Crippen LogP contribution >= 0.6 is 11.3 Å². The lowest BCUT2D eigenvalue weighted by Gasteiger charge is -2.36. The van der Waals surface area contributed by atoms with Crippen LogP contribution in [0.1, 0.15) is 22.3 Å². The summed E-state index contributed by atoms with van der Waals surface area (Å²) < 4.78 is 9.90. The minimum absolute atomic E-state index is 0.807. The summed E-state index contributed by atoms with van der Waals surface area (Å²) in [6.07, 6.45) is 0. The Hall–Kier alpha value is -9.48. The number of para-hydroxylation sites is 3. The minimum atomic E-state index is -0.807. The smallest absolute Gasteiger partial charge is 0.160 e. The maximum absolute atomic E-state index is 7.41. The molecule has 0 spiro atoms. The topological polar surface area (TPSA) is 19.6 Å². The van der Waals surface area contributed by atoms with Crippen molar-refractivity contribution in [3.05, 3.63) is 301 Å². The van der Waals surface area contributed by atoms with Crippen LogP contribution in [0.2, 0.25) is 0 Å². The van der Waals surface area contributed by atoms with Crippen LogP contribution in [0.15, 0.2) is 283 Å². The maximum Gasteiger partial charge on any atom is 0.160 e. The number of thiophene rings is 1. The summed E-state index contributed by atoms with van der Waals surface area (Å²) >= 11 is 1.90. The van der Waals surface area contributed by atoms with E-state index in [2.05, 4.69) is 289 Å². The molecule has 4 heteroatoms. The SMILES string of the molecule is c1ccc(-c2ccc(N(c3ccc4ccccc4c3)c3cc4c(c5c3oc3ccccc35)-c3c(cc(N(c5ccccc5)c5ccccc5)c5c3sc3ccccc35)C4(c3ccccc3)c3ccccc3)cc2)cc1. The fraction of sp³-hybridized carbons (Fsp3) is 0.0141. The fourth-order valence-corrected chi connectivity index (χ4v) is 13.5. The van der Waals surface area contributed by atoms with Crippen molar-refractivity contribution in [2.24, 2.45) is 0 Å². The molecule has 0 fully saturated rings. The molecule has 12 aromatic carbocycles. The van der Waals surface area contributed by atoms with Crippen molar-refractivity contribution in [3.63, 3.8) is 0 Å². The molecule has 0 radical (unpaired) electrons. The number of hydrogen-bond acceptors (Lipinski definition) is 4. The number of benzene rings is 12. The van der Waals surface area contributed by atoms with Crippen molar-refractivity contribution >= 4 is 98.3 Å². The van der Waals surface area contributed by atoms with E-state index in [1.807, 2.05) is 11.3 Å². The molecule has 2 heterocycles. The highest BCUT2D eigenvalue weighted by atomic mass is 32.1. The van der Waals surface area contributed by atoms with Crippen LogP contribution in [-0.4, -0.2) is 0 Å². The normalized spacial score (nSPS) is 12.6. The zero-order chi connectivity index (χ0) is 49.5. The summed E-state index contributed by atoms with van der Waals surface area (Å²) in [7, 11) is 0. The molecule has 75 heavy (non-hydrogen) atoms. The summed E-state index contributed by atoms with van der Waals surface area (Å²) in [5.41, 5.74) is 16.8. The van der Waals surface area contributed by atoms with Crippen LogP contribution in [0.3, 0.4) is 0 Å². The Kier molecular flexibility index (Phi) is 9.97. The number of hydrogen-bond donors (Lipinski definition) is 0. The van der Waals surface area contributed by atoms with E-state index in [-0.39, 0.29) is 0 Å². The predicted molar refractivity (Wildman–Crippen MR) is 316 cm³/mol. The average Bonchev–Trinajstić information content (AvgIpc) is 4.36. The van der Waals surface area contributed by atoms with E-state index in [4.69, 9.17) is 4.42 Å². The van der Waals surface area contributed by atoms with Crippen LogP contribution in [-0.2, 0) is 5.41 Å². The molecule has 14 aromatic rings. The van der Waals surface area contributed by atoms with Gasteiger partial charge in [0.1, 0.15) is 5.58 Å². The monoisotopic (exact) mass is 974 g/mol. The van der Waals surface area contributed by atoms with Gasteiger partial charge in [-0.05, 0) is 117 Å². The van der Waals surface area contributed by atoms with Crippen molar-refractivity contribution in [1.29, 1.82) is 0 Å². The molecule has 0 atom stereocenters. The van der Waals surface area contributed by atoms with Gasteiger partial charge in [0.05, 0.1) is 16.8 Å². The molecule has 0 N–H and O–H groups in total. The minimum Gasteiger partial charge on any atom is -0.454 e. The molecule has 1 aliphatic rings. The van der Waals surface area contributed by atoms with Crippen LogP contribution < -0.4 is 9.80 Å². The van der Waals surface area contributed by atoms with Gasteiger partial charge in [-0.15, -0.1) is 11.3 Å². The van der Waals surface area contributed by atoms with Crippen LogP contribution in [0.4, 0.5) is 34.1 Å². The molecule has 0 aliphatic heterocycles. The van der Waals surface area contributed by atoms with Crippen molar-refractivity contribution in [1.82, 2.24) is 0 Å². The Labute approximate surface area is 439 Å². The Balaban J connectivity index is 1.13. The molecule has 352 valence electrons. The predicted octanol–water partition coefficient (Wildman–Crippen LogP) is 20.1. The molecule has 0 saturated heterocycles. The first kappa shape index (κ1) is 43.1. The van der Waals surface area contributed by atoms with Gasteiger partial charge in [0.25, 0.3) is 0 Å². The number of fused-ring (bicyclic) bond motifs is 12. The first-order valence-electron chi connectivity index (χ1n) is 25.7. The van der Waals surface area contributed by atoms with Gasteiger partial charge in [-0.1, -0.05) is 206 Å². The second-order valence-electron chi connectivity index (χ2n) is 19.5. The molecule has 2 aromatic heterocycles. The van der Waals surface area contributed by atoms with Gasteiger partial charge in [0.15, 0.2) is 5.58 Å². The van der Waals surface area contributed by atoms with E-state index in [1.54, 1.807) is 0 Å². The quantitative estimate of drug-likeness (QED) is 0.144. The van der Waals surface area contributed by atoms with E-state index in [9.17, 15) is 0 Å². The molecule has 0 bridgehead atoms. The van der Waals surface area contributed by atoms with Gasteiger partial charge in [-0.2, -0.15) is 0 Å². The van der Waals surface area contributed by atoms with Crippen LogP contribution in [0.5, 0.6) is 0 Å². The Morgan fingerprint density at radius 3 is 1.52 bits per heavy atom. The van der Waals surface area contributed by atoms with Crippen molar-refractivity contribution < 1.29 is 4.42 Å². The van der Waals surface area contributed by atoms with Crippen LogP contribution in [0.25, 0.3) is 75.1 Å². The second-order valence-corrected chi connectivity index (χ2v) is 20.6. The highest BCUT2D eigenvalue weighted by molar-refractivity contribution is 7.26. The van der Waals surface area contributed by atoms with E-state index < -0.39 is 5.41 Å². The maximum atomic E-state index is 7.41. The standard InChI is InChI=1S/C71H46N2OS/c1-6-22-47(23-7-1)49-38-41-55(42-39-49)73(56-43-40-48-24-16-17-25-50(48)44-56)62-46-59-67(66-57-34-18-20-36-63(57)74-69(62)66)68-60(71(59,51-26-8-2-9-27-51)52-28-10-3-11-29-52)45-61(65-58-35-19-21-37-64(58)75-70(65)68)72(53-30-12-4-13-31-53)54-32-14-5-15-33-54/h1-46H. The number of nitrogens with zero attached hydrogens (tertiary/aromatic N) is 2. The van der Waals surface area contributed by atoms with Gasteiger partial charge < -0.3 is 14.2 Å². The number of anilines is 6. The fourth-order valence-electron chi connectivity index (χ4n) is 12.3. The van der Waals surface area contributed by atoms with E-state index in [0.29, 0.717) is 0 Å². The Bertz CT molecular complexity index is 4380. The highest BCUT2D eigenvalue weighted by Crippen LogP contribution is 2.65. The highest BCUT2D eigenvalue weighted by Gasteiger charge is 2.50. The average molecular weight is 975 g/mol. The third-order valence-electron chi connectivity index (χ3n) is 15.5. The van der Waals surface area contributed by atoms with E-state index >= 15 is 0 Å². The zero-order valence-corrected chi connectivity index (χ0v) is 41.6. The zero-order valence-electron chi connectivity index (χ0n) is 40.8. The van der Waals surface area contributed by atoms with E-state index in [0.717, 1.165) is 61.6 Å². The third-order valence-corrected chi connectivity index (χ3v) is 16.7. The Morgan fingerprint density at radius 2 is 0.840 bits per heavy atom. The molecule has 1 aliphatic carbocycles. The summed E-state index contributed by atoms with van der Waals surface area (Å²) in [6.45, 7) is 0. The van der Waals surface area contributed by atoms with Crippen LogP contribution in [0, 0.1) is 0 Å². The van der Waals surface area contributed by atoms with Gasteiger partial charge in [-0.25, -0.2) is 0 Å². The van der Waals surface area contributed by atoms with Gasteiger partial charge >= 0.3 is 0 Å². The van der Waals surface area contributed by atoms with Crippen molar-refractivity contribution in [3.8, 4) is 22.3 Å². The molecule has 0 amide bonds. The summed E-state index contributed by atoms with van der Waals surface area (Å²) in [5.74, 6) is 0. The number of furan rings is 1. The number of rotatable bonds is 9. The largest absolute Gasteiger partial charge is 0.454 e. The lowest BCUT2D eigenvalue weighted by atomic mass is 9.67. The summed E-state index contributed by atoms with van der Waals surface area (Å²) in [5, 5.41) is 7.01. The molecular formula is C71H46N2OS. The first-order valence-corrected chi connectivity index (χ1v) is 26.5. The first-order chi connectivity index (χ1) is 37.2. The second kappa shape index (κ2) is 17.3. The lowest BCUT2D eigenvalue weighted by molar-refractivity contribution is 0.668. The lowest BCUT2D eigenvalue weighted by Crippen LogP contribution is -2.29. The molecule has 0 saturated carbocycles. The van der Waals surface area contributed by atoms with Gasteiger partial charge in [0, 0.05) is 64.8 Å².